The van der Waals surface area contributed by atoms with Crippen LogP contribution in [0.15, 0.2) is 40.7 Å². The largest absolute Gasteiger partial charge is 0.349 e. The maximum absolute atomic E-state index is 13.8. The van der Waals surface area contributed by atoms with Gasteiger partial charge < -0.3 is 5.32 Å². The zero-order valence-electron chi connectivity index (χ0n) is 14.6. The van der Waals surface area contributed by atoms with E-state index in [1.165, 1.54) is 23.1 Å². The van der Waals surface area contributed by atoms with Gasteiger partial charge in [0.1, 0.15) is 10.1 Å². The molecule has 0 aliphatic carbocycles. The SMILES string of the molecule is O=C(CCCN1C(=O)/C(=C/c2ccccc2F)SC1=S)NC1C=CS(=O)(=O)C1. The minimum atomic E-state index is -3.23. The van der Waals surface area contributed by atoms with Crippen LogP contribution >= 0.6 is 24.0 Å². The fraction of sp³-hybridized carbons (Fsp3) is 0.278. The molecule has 0 aromatic heterocycles. The van der Waals surface area contributed by atoms with Gasteiger partial charge in [-0.25, -0.2) is 12.8 Å². The maximum atomic E-state index is 13.8. The Kier molecular flexibility index (Phi) is 6.31. The van der Waals surface area contributed by atoms with Crippen molar-refractivity contribution >= 4 is 56.0 Å². The van der Waals surface area contributed by atoms with Crippen LogP contribution < -0.4 is 5.32 Å². The number of rotatable bonds is 6. The third-order valence-electron chi connectivity index (χ3n) is 4.13. The van der Waals surface area contributed by atoms with Crippen molar-refractivity contribution in [3.05, 3.63) is 52.0 Å². The van der Waals surface area contributed by atoms with Gasteiger partial charge in [0.15, 0.2) is 9.84 Å². The van der Waals surface area contributed by atoms with Gasteiger partial charge in [-0.15, -0.1) is 0 Å². The average Bonchev–Trinajstić information content (AvgIpc) is 3.09. The van der Waals surface area contributed by atoms with Crippen LogP contribution in [0.25, 0.3) is 6.08 Å². The molecule has 3 rings (SSSR count). The predicted molar refractivity (Wildman–Crippen MR) is 110 cm³/mol. The number of thioether (sulfide) groups is 1. The van der Waals surface area contributed by atoms with Crippen LogP contribution in [-0.4, -0.2) is 47.8 Å². The van der Waals surface area contributed by atoms with Gasteiger partial charge in [0.2, 0.25) is 5.91 Å². The molecule has 1 fully saturated rings. The Hall–Kier alpha value is -2.04. The zero-order valence-corrected chi connectivity index (χ0v) is 17.1. The molecule has 1 aromatic rings. The first-order chi connectivity index (χ1) is 13.2. The second kappa shape index (κ2) is 8.54. The Balaban J connectivity index is 1.52. The van der Waals surface area contributed by atoms with E-state index in [1.54, 1.807) is 18.2 Å². The number of thiocarbonyl (C=S) groups is 1. The fourth-order valence-electron chi connectivity index (χ4n) is 2.77. The highest BCUT2D eigenvalue weighted by molar-refractivity contribution is 8.26. The van der Waals surface area contributed by atoms with Crippen molar-refractivity contribution in [2.45, 2.75) is 18.9 Å². The van der Waals surface area contributed by atoms with E-state index in [1.807, 2.05) is 0 Å². The molecule has 148 valence electrons. The number of carbonyl (C=O) groups excluding carboxylic acids is 2. The molecule has 2 heterocycles. The van der Waals surface area contributed by atoms with E-state index in [9.17, 15) is 22.4 Å². The van der Waals surface area contributed by atoms with E-state index in [-0.39, 0.29) is 30.5 Å². The van der Waals surface area contributed by atoms with Gasteiger partial charge in [-0.2, -0.15) is 0 Å². The molecule has 2 aliphatic rings. The summed E-state index contributed by atoms with van der Waals surface area (Å²) >= 11 is 6.32. The summed E-state index contributed by atoms with van der Waals surface area (Å²) in [7, 11) is -3.23. The third kappa shape index (κ3) is 5.06. The highest BCUT2D eigenvalue weighted by Crippen LogP contribution is 2.33. The molecule has 1 atom stereocenters. The van der Waals surface area contributed by atoms with Gasteiger partial charge in [0, 0.05) is 23.9 Å². The van der Waals surface area contributed by atoms with E-state index in [4.69, 9.17) is 12.2 Å². The van der Waals surface area contributed by atoms with E-state index < -0.39 is 21.7 Å². The Morgan fingerprint density at radius 1 is 1.39 bits per heavy atom. The van der Waals surface area contributed by atoms with Crippen molar-refractivity contribution in [2.24, 2.45) is 0 Å². The Labute approximate surface area is 171 Å². The van der Waals surface area contributed by atoms with Crippen LogP contribution in [0, 0.1) is 5.82 Å². The minimum Gasteiger partial charge on any atom is -0.349 e. The van der Waals surface area contributed by atoms with E-state index in [2.05, 4.69) is 5.32 Å². The average molecular weight is 441 g/mol. The molecule has 28 heavy (non-hydrogen) atoms. The summed E-state index contributed by atoms with van der Waals surface area (Å²) in [5.41, 5.74) is 0.307. The zero-order chi connectivity index (χ0) is 20.3. The number of sulfone groups is 1. The van der Waals surface area contributed by atoms with E-state index >= 15 is 0 Å². The summed E-state index contributed by atoms with van der Waals surface area (Å²) in [6.45, 7) is 0.255. The van der Waals surface area contributed by atoms with Crippen LogP contribution in [-0.2, 0) is 19.4 Å². The molecule has 0 bridgehead atoms. The lowest BCUT2D eigenvalue weighted by Crippen LogP contribution is -2.36. The predicted octanol–water partition coefficient (Wildman–Crippen LogP) is 2.23. The highest BCUT2D eigenvalue weighted by atomic mass is 32.2. The first-order valence-corrected chi connectivity index (χ1v) is 11.4. The van der Waals surface area contributed by atoms with Crippen LogP contribution in [0.3, 0.4) is 0 Å². The quantitative estimate of drug-likeness (QED) is 0.540. The summed E-state index contributed by atoms with van der Waals surface area (Å²) in [5.74, 6) is -1.16. The molecule has 0 saturated carbocycles. The van der Waals surface area contributed by atoms with Gasteiger partial charge in [0.25, 0.3) is 5.91 Å². The number of hydrogen-bond donors (Lipinski definition) is 1. The van der Waals surface area contributed by atoms with Crippen molar-refractivity contribution in [3.8, 4) is 0 Å². The van der Waals surface area contributed by atoms with Gasteiger partial charge in [-0.05, 0) is 24.6 Å². The lowest BCUT2D eigenvalue weighted by Gasteiger charge is -2.15. The molecule has 1 N–H and O–H groups in total. The maximum Gasteiger partial charge on any atom is 0.266 e. The van der Waals surface area contributed by atoms with Crippen molar-refractivity contribution in [1.29, 1.82) is 0 Å². The molecule has 0 radical (unpaired) electrons. The molecule has 10 heteroatoms. The third-order valence-corrected chi connectivity index (χ3v) is 6.90. The number of amides is 2. The van der Waals surface area contributed by atoms with E-state index in [0.29, 0.717) is 21.2 Å². The van der Waals surface area contributed by atoms with Crippen molar-refractivity contribution in [1.82, 2.24) is 10.2 Å². The fourth-order valence-corrected chi connectivity index (χ4v) is 5.30. The van der Waals surface area contributed by atoms with Crippen molar-refractivity contribution in [2.75, 3.05) is 12.3 Å². The summed E-state index contributed by atoms with van der Waals surface area (Å²) in [4.78, 5) is 26.2. The number of nitrogens with one attached hydrogen (secondary N) is 1. The normalized spacial score (nSPS) is 22.2. The monoisotopic (exact) mass is 440 g/mol. The summed E-state index contributed by atoms with van der Waals surface area (Å²) in [6.07, 6.45) is 3.42. The number of nitrogens with zero attached hydrogens (tertiary/aromatic N) is 1. The van der Waals surface area contributed by atoms with Crippen molar-refractivity contribution < 1.29 is 22.4 Å². The number of halogens is 1. The van der Waals surface area contributed by atoms with Gasteiger partial charge in [-0.1, -0.05) is 42.2 Å². The van der Waals surface area contributed by atoms with Crippen LogP contribution in [0.5, 0.6) is 0 Å². The molecule has 0 spiro atoms. The Morgan fingerprint density at radius 3 is 2.82 bits per heavy atom. The Bertz CT molecular complexity index is 988. The highest BCUT2D eigenvalue weighted by Gasteiger charge is 2.32. The van der Waals surface area contributed by atoms with Crippen molar-refractivity contribution in [3.63, 3.8) is 0 Å². The summed E-state index contributed by atoms with van der Waals surface area (Å²) in [5, 5.41) is 3.73. The van der Waals surface area contributed by atoms with Crippen LogP contribution in [0.1, 0.15) is 18.4 Å². The second-order valence-corrected chi connectivity index (χ2v) is 9.90. The number of hydrogen-bond acceptors (Lipinski definition) is 6. The first-order valence-electron chi connectivity index (χ1n) is 8.45. The smallest absolute Gasteiger partial charge is 0.266 e. The lowest BCUT2D eigenvalue weighted by atomic mass is 10.2. The molecule has 1 unspecified atom stereocenters. The number of benzene rings is 1. The Morgan fingerprint density at radius 2 is 2.14 bits per heavy atom. The van der Waals surface area contributed by atoms with Gasteiger partial charge in [0.05, 0.1) is 16.7 Å². The molecule has 2 amide bonds. The standard InChI is InChI=1S/C18H17FN2O4S3/c19-14-5-2-1-4-12(14)10-15-17(23)21(18(26)27-15)8-3-6-16(22)20-13-7-9-28(24,25)11-13/h1-2,4-5,7,9-10,13H,3,6,8,11H2,(H,20,22)/b15-10-. The molecule has 1 aromatic carbocycles. The minimum absolute atomic E-state index is 0.131. The molecule has 6 nitrogen and oxygen atoms in total. The first kappa shape index (κ1) is 20.7. The molecular formula is C18H17FN2O4S3. The molecule has 2 aliphatic heterocycles. The van der Waals surface area contributed by atoms with Gasteiger partial charge >= 0.3 is 0 Å². The van der Waals surface area contributed by atoms with E-state index in [0.717, 1.165) is 17.2 Å². The second-order valence-electron chi connectivity index (χ2n) is 6.29. The number of carbonyl (C=O) groups is 2. The topological polar surface area (TPSA) is 83.6 Å². The molecular weight excluding hydrogens is 423 g/mol. The van der Waals surface area contributed by atoms with Gasteiger partial charge in [-0.3, -0.25) is 14.5 Å². The van der Waals surface area contributed by atoms with Crippen LogP contribution in [0.2, 0.25) is 0 Å². The molecule has 1 saturated heterocycles. The van der Waals surface area contributed by atoms with Crippen LogP contribution in [0.4, 0.5) is 4.39 Å². The summed E-state index contributed by atoms with van der Waals surface area (Å²) < 4.78 is 36.8. The lowest BCUT2D eigenvalue weighted by molar-refractivity contribution is -0.124. The summed E-state index contributed by atoms with van der Waals surface area (Å²) in [6, 6.07) is 5.62.